The highest BCUT2D eigenvalue weighted by Crippen LogP contribution is 2.18. The zero-order valence-electron chi connectivity index (χ0n) is 6.36. The molecule has 0 bridgehead atoms. The number of rotatable bonds is 1. The van der Waals surface area contributed by atoms with Gasteiger partial charge < -0.3 is 0 Å². The number of hydrogen-bond donors (Lipinski definition) is 0. The average molecular weight is 161 g/mol. The Labute approximate surface area is 69.7 Å². The van der Waals surface area contributed by atoms with E-state index in [1.165, 1.54) is 17.1 Å². The highest BCUT2D eigenvalue weighted by molar-refractivity contribution is 6.14. The normalized spacial score (nSPS) is 21.0. The van der Waals surface area contributed by atoms with Crippen molar-refractivity contribution in [2.24, 2.45) is 0 Å². The van der Waals surface area contributed by atoms with E-state index >= 15 is 0 Å². The Kier molecular flexibility index (Phi) is 1.43. The van der Waals surface area contributed by atoms with Gasteiger partial charge in [-0.15, -0.1) is 0 Å². The van der Waals surface area contributed by atoms with Crippen LogP contribution in [0.4, 0.5) is 0 Å². The molecule has 0 atom stereocenters. The first-order valence-corrected chi connectivity index (χ1v) is 3.72. The van der Waals surface area contributed by atoms with Gasteiger partial charge in [0, 0.05) is 17.8 Å². The number of carbonyl (C=O) groups is 2. The van der Waals surface area contributed by atoms with Gasteiger partial charge in [-0.2, -0.15) is 0 Å². The van der Waals surface area contributed by atoms with Gasteiger partial charge in [-0.25, -0.2) is 4.90 Å². The van der Waals surface area contributed by atoms with Crippen LogP contribution in [0.3, 0.4) is 0 Å². The van der Waals surface area contributed by atoms with Crippen molar-refractivity contribution >= 4 is 11.8 Å². The lowest BCUT2D eigenvalue weighted by Crippen LogP contribution is -2.27. The van der Waals surface area contributed by atoms with Gasteiger partial charge in [0.05, 0.1) is 0 Å². The summed E-state index contributed by atoms with van der Waals surface area (Å²) in [5, 5.41) is 0. The Morgan fingerprint density at radius 1 is 1.08 bits per heavy atom. The SMILES string of the molecule is O=C1C=CC(=O)N1C1=CCC=C1. The highest BCUT2D eigenvalue weighted by atomic mass is 16.2. The van der Waals surface area contributed by atoms with Gasteiger partial charge >= 0.3 is 0 Å². The van der Waals surface area contributed by atoms with Gasteiger partial charge in [0.2, 0.25) is 0 Å². The Hall–Kier alpha value is -1.64. The molecule has 0 fully saturated rings. The average Bonchev–Trinajstić information content (AvgIpc) is 2.61. The molecule has 0 aromatic carbocycles. The number of carbonyl (C=O) groups excluding carboxylic acids is 2. The molecule has 0 aromatic heterocycles. The molecule has 3 nitrogen and oxygen atoms in total. The van der Waals surface area contributed by atoms with Gasteiger partial charge in [0.1, 0.15) is 0 Å². The van der Waals surface area contributed by atoms with Crippen LogP contribution in [0, 0.1) is 0 Å². The quantitative estimate of drug-likeness (QED) is 0.532. The van der Waals surface area contributed by atoms with Crippen LogP contribution >= 0.6 is 0 Å². The molecule has 0 N–H and O–H groups in total. The summed E-state index contributed by atoms with van der Waals surface area (Å²) in [6.45, 7) is 0. The first kappa shape index (κ1) is 7.03. The monoisotopic (exact) mass is 161 g/mol. The van der Waals surface area contributed by atoms with Crippen molar-refractivity contribution in [3.8, 4) is 0 Å². The molecule has 12 heavy (non-hydrogen) atoms. The van der Waals surface area contributed by atoms with Crippen molar-refractivity contribution in [3.63, 3.8) is 0 Å². The lowest BCUT2D eigenvalue weighted by Gasteiger charge is -2.12. The third-order valence-electron chi connectivity index (χ3n) is 1.82. The van der Waals surface area contributed by atoms with Gasteiger partial charge in [0.15, 0.2) is 0 Å². The summed E-state index contributed by atoms with van der Waals surface area (Å²) in [6, 6.07) is 0. The molecule has 2 rings (SSSR count). The predicted molar refractivity (Wildman–Crippen MR) is 42.8 cm³/mol. The smallest absolute Gasteiger partial charge is 0.258 e. The summed E-state index contributed by atoms with van der Waals surface area (Å²) in [5.74, 6) is -0.504. The summed E-state index contributed by atoms with van der Waals surface area (Å²) >= 11 is 0. The molecule has 0 saturated heterocycles. The van der Waals surface area contributed by atoms with Crippen molar-refractivity contribution in [2.45, 2.75) is 6.42 Å². The Morgan fingerprint density at radius 3 is 2.25 bits per heavy atom. The fraction of sp³-hybridized carbons (Fsp3) is 0.111. The number of hydrogen-bond acceptors (Lipinski definition) is 2. The molecular formula is C9H7NO2. The van der Waals surface area contributed by atoms with Crippen LogP contribution in [0.15, 0.2) is 36.1 Å². The minimum atomic E-state index is -0.252. The van der Waals surface area contributed by atoms with Crippen LogP contribution in [0.5, 0.6) is 0 Å². The third kappa shape index (κ3) is 0.906. The molecule has 1 aliphatic heterocycles. The van der Waals surface area contributed by atoms with Crippen molar-refractivity contribution < 1.29 is 9.59 Å². The summed E-state index contributed by atoms with van der Waals surface area (Å²) in [5.41, 5.74) is 0.690. The minimum Gasteiger partial charge on any atom is -0.269 e. The molecule has 0 unspecified atom stereocenters. The van der Waals surface area contributed by atoms with Crippen LogP contribution in [0.25, 0.3) is 0 Å². The van der Waals surface area contributed by atoms with Crippen molar-refractivity contribution in [1.29, 1.82) is 0 Å². The summed E-state index contributed by atoms with van der Waals surface area (Å²) < 4.78 is 0. The molecule has 2 amide bonds. The van der Waals surface area contributed by atoms with Gasteiger partial charge in [-0.05, 0) is 12.5 Å². The molecule has 3 heteroatoms. The number of allylic oxidation sites excluding steroid dienone is 3. The lowest BCUT2D eigenvalue weighted by atomic mass is 10.4. The van der Waals surface area contributed by atoms with Crippen molar-refractivity contribution in [2.75, 3.05) is 0 Å². The van der Waals surface area contributed by atoms with E-state index in [0.29, 0.717) is 5.70 Å². The third-order valence-corrected chi connectivity index (χ3v) is 1.82. The topological polar surface area (TPSA) is 37.4 Å². The second kappa shape index (κ2) is 2.44. The summed E-state index contributed by atoms with van der Waals surface area (Å²) in [7, 11) is 0. The maximum Gasteiger partial charge on any atom is 0.258 e. The standard InChI is InChI=1S/C9H7NO2/c11-8-5-6-9(12)10(8)7-3-1-2-4-7/h1,3-6H,2H2. The van der Waals surface area contributed by atoms with Crippen LogP contribution < -0.4 is 0 Å². The largest absolute Gasteiger partial charge is 0.269 e. The van der Waals surface area contributed by atoms with Crippen molar-refractivity contribution in [3.05, 3.63) is 36.1 Å². The van der Waals surface area contributed by atoms with Gasteiger partial charge in [-0.1, -0.05) is 12.2 Å². The molecule has 0 aromatic rings. The summed E-state index contributed by atoms with van der Waals surface area (Å²) in [6.07, 6.45) is 8.91. The number of amides is 2. The first-order valence-electron chi connectivity index (χ1n) is 3.72. The second-order valence-corrected chi connectivity index (χ2v) is 2.61. The van der Waals surface area contributed by atoms with E-state index in [0.717, 1.165) is 6.42 Å². The predicted octanol–water partition coefficient (Wildman–Crippen LogP) is 0.755. The van der Waals surface area contributed by atoms with Gasteiger partial charge in [0.25, 0.3) is 11.8 Å². The molecule has 0 saturated carbocycles. The van der Waals surface area contributed by atoms with Crippen LogP contribution in [0.1, 0.15) is 6.42 Å². The Bertz CT molecular complexity index is 318. The van der Waals surface area contributed by atoms with Crippen LogP contribution in [-0.2, 0) is 9.59 Å². The molecule has 0 spiro atoms. The molecule has 1 aliphatic carbocycles. The molecular weight excluding hydrogens is 154 g/mol. The van der Waals surface area contributed by atoms with E-state index < -0.39 is 0 Å². The van der Waals surface area contributed by atoms with Crippen LogP contribution in [-0.4, -0.2) is 16.7 Å². The Balaban J connectivity index is 2.30. The zero-order chi connectivity index (χ0) is 8.55. The highest BCUT2D eigenvalue weighted by Gasteiger charge is 2.26. The number of imide groups is 1. The van der Waals surface area contributed by atoms with E-state index in [4.69, 9.17) is 0 Å². The molecule has 1 heterocycles. The fourth-order valence-corrected chi connectivity index (χ4v) is 1.27. The summed E-state index contributed by atoms with van der Waals surface area (Å²) in [4.78, 5) is 23.4. The molecule has 0 radical (unpaired) electrons. The number of nitrogens with zero attached hydrogens (tertiary/aromatic N) is 1. The fourth-order valence-electron chi connectivity index (χ4n) is 1.27. The van der Waals surface area contributed by atoms with E-state index in [1.54, 1.807) is 6.08 Å². The van der Waals surface area contributed by atoms with E-state index in [-0.39, 0.29) is 11.8 Å². The zero-order valence-corrected chi connectivity index (χ0v) is 6.36. The molecule has 60 valence electrons. The second-order valence-electron chi connectivity index (χ2n) is 2.61. The van der Waals surface area contributed by atoms with Gasteiger partial charge in [-0.3, -0.25) is 9.59 Å². The van der Waals surface area contributed by atoms with E-state index in [9.17, 15) is 9.59 Å². The maximum atomic E-state index is 11.1. The van der Waals surface area contributed by atoms with Crippen molar-refractivity contribution in [1.82, 2.24) is 4.90 Å². The minimum absolute atomic E-state index is 0.252. The van der Waals surface area contributed by atoms with Crippen LogP contribution in [0.2, 0.25) is 0 Å². The Morgan fingerprint density at radius 2 is 1.75 bits per heavy atom. The molecule has 2 aliphatic rings. The lowest BCUT2D eigenvalue weighted by molar-refractivity contribution is -0.134. The maximum absolute atomic E-state index is 11.1. The first-order chi connectivity index (χ1) is 5.79. The van der Waals surface area contributed by atoms with E-state index in [1.807, 2.05) is 12.2 Å². The van der Waals surface area contributed by atoms with E-state index in [2.05, 4.69) is 0 Å².